The molecule has 0 aliphatic carbocycles. The summed E-state index contributed by atoms with van der Waals surface area (Å²) in [5, 5.41) is 0. The number of anilines is 1. The van der Waals surface area contributed by atoms with E-state index in [0.717, 1.165) is 26.3 Å². The second-order valence-electron chi connectivity index (χ2n) is 5.78. The zero-order chi connectivity index (χ0) is 16.7. The van der Waals surface area contributed by atoms with E-state index in [1.807, 2.05) is 25.1 Å². The van der Waals surface area contributed by atoms with Gasteiger partial charge in [0.1, 0.15) is 0 Å². The molecule has 1 aromatic carbocycles. The van der Waals surface area contributed by atoms with Gasteiger partial charge in [-0.1, -0.05) is 12.1 Å². The first-order valence-electron chi connectivity index (χ1n) is 7.31. The highest BCUT2D eigenvalue weighted by Crippen LogP contribution is 2.35. The fourth-order valence-electron chi connectivity index (χ4n) is 2.56. The van der Waals surface area contributed by atoms with Crippen LogP contribution < -0.4 is 10.5 Å². The number of pyridine rings is 1. The quantitative estimate of drug-likeness (QED) is 0.692. The molecule has 0 spiro atoms. The van der Waals surface area contributed by atoms with Crippen LogP contribution in [0.25, 0.3) is 20.7 Å². The van der Waals surface area contributed by atoms with Crippen molar-refractivity contribution in [2.75, 3.05) is 19.0 Å². The summed E-state index contributed by atoms with van der Waals surface area (Å²) in [7, 11) is 5.74. The molecule has 3 rings (SSSR count). The Kier molecular flexibility index (Phi) is 3.82. The lowest BCUT2D eigenvalue weighted by Gasteiger charge is -2.12. The summed E-state index contributed by atoms with van der Waals surface area (Å²) in [5.74, 6) is -0.0796. The highest BCUT2D eigenvalue weighted by atomic mass is 32.1. The van der Waals surface area contributed by atoms with E-state index >= 15 is 0 Å². The fourth-order valence-corrected chi connectivity index (χ4v) is 3.81. The monoisotopic (exact) mass is 326 g/mol. The molecule has 0 unspecified atom stereocenters. The number of hydrogen-bond donors (Lipinski definition) is 0. The summed E-state index contributed by atoms with van der Waals surface area (Å²) >= 11 is 1.55. The number of benzene rings is 1. The minimum absolute atomic E-state index is 0.0796. The van der Waals surface area contributed by atoms with Gasteiger partial charge in [-0.05, 0) is 30.7 Å². The van der Waals surface area contributed by atoms with Gasteiger partial charge in [0.05, 0.1) is 10.2 Å². The van der Waals surface area contributed by atoms with Crippen molar-refractivity contribution in [3.8, 4) is 10.4 Å². The van der Waals surface area contributed by atoms with Crippen molar-refractivity contribution in [2.24, 2.45) is 7.05 Å². The van der Waals surface area contributed by atoms with Crippen LogP contribution in [0.15, 0.2) is 41.2 Å². The molecule has 4 nitrogen and oxygen atoms in total. The summed E-state index contributed by atoms with van der Waals surface area (Å²) in [4.78, 5) is 27.0. The van der Waals surface area contributed by atoms with Crippen LogP contribution in [0.5, 0.6) is 0 Å². The van der Waals surface area contributed by atoms with Gasteiger partial charge in [-0.25, -0.2) is 0 Å². The Balaban J connectivity index is 2.20. The fraction of sp³-hybridized carbons (Fsp3) is 0.222. The standard InChI is InChI=1S/C18H18N2O2S/c1-11(21)14-9-17(22)20(4)15-10-16(23-18(14)15)12-5-7-13(8-6-12)19(2)3/h5-10H,1-4H3. The molecule has 0 atom stereocenters. The van der Waals surface area contributed by atoms with Crippen LogP contribution in [0, 0.1) is 0 Å². The van der Waals surface area contributed by atoms with Gasteiger partial charge in [0.2, 0.25) is 0 Å². The number of fused-ring (bicyclic) bond motifs is 1. The van der Waals surface area contributed by atoms with E-state index in [4.69, 9.17) is 0 Å². The van der Waals surface area contributed by atoms with Crippen LogP contribution >= 0.6 is 11.3 Å². The van der Waals surface area contributed by atoms with Crippen molar-refractivity contribution in [1.29, 1.82) is 0 Å². The third kappa shape index (κ3) is 2.68. The summed E-state index contributed by atoms with van der Waals surface area (Å²) in [6.07, 6.45) is 0. The zero-order valence-corrected chi connectivity index (χ0v) is 14.4. The van der Waals surface area contributed by atoms with E-state index in [9.17, 15) is 9.59 Å². The van der Waals surface area contributed by atoms with Gasteiger partial charge in [-0.3, -0.25) is 9.59 Å². The van der Waals surface area contributed by atoms with E-state index in [2.05, 4.69) is 24.3 Å². The topological polar surface area (TPSA) is 42.3 Å². The zero-order valence-electron chi connectivity index (χ0n) is 13.6. The molecule has 23 heavy (non-hydrogen) atoms. The number of rotatable bonds is 3. The molecular weight excluding hydrogens is 308 g/mol. The lowest BCUT2D eigenvalue weighted by molar-refractivity contribution is 0.101. The molecule has 0 N–H and O–H groups in total. The molecule has 0 amide bonds. The average molecular weight is 326 g/mol. The van der Waals surface area contributed by atoms with Gasteiger partial charge in [0.25, 0.3) is 5.56 Å². The number of Topliss-reactive ketones (excluding diaryl/α,β-unsaturated/α-hetero) is 1. The summed E-state index contributed by atoms with van der Waals surface area (Å²) in [5.41, 5.74) is 3.36. The van der Waals surface area contributed by atoms with E-state index in [1.165, 1.54) is 13.0 Å². The van der Waals surface area contributed by atoms with Crippen molar-refractivity contribution < 1.29 is 4.79 Å². The van der Waals surface area contributed by atoms with Gasteiger partial charge in [-0.2, -0.15) is 0 Å². The maximum Gasteiger partial charge on any atom is 0.251 e. The number of carbonyl (C=O) groups excluding carboxylic acids is 1. The Labute approximate surface area is 138 Å². The molecule has 0 aliphatic rings. The Bertz CT molecular complexity index is 950. The molecule has 118 valence electrons. The predicted octanol–water partition coefficient (Wildman–Crippen LogP) is 3.54. The molecule has 3 aromatic rings. The highest BCUT2D eigenvalue weighted by Gasteiger charge is 2.14. The molecule has 0 aliphatic heterocycles. The largest absolute Gasteiger partial charge is 0.378 e. The summed E-state index contributed by atoms with van der Waals surface area (Å²) in [6, 6.07) is 11.7. The number of nitrogens with zero attached hydrogens (tertiary/aromatic N) is 2. The minimum atomic E-state index is -0.157. The number of ketones is 1. The first-order chi connectivity index (χ1) is 10.9. The molecule has 0 bridgehead atoms. The van der Waals surface area contributed by atoms with Crippen molar-refractivity contribution in [1.82, 2.24) is 4.57 Å². The molecule has 5 heteroatoms. The molecule has 0 fully saturated rings. The number of aromatic nitrogens is 1. The van der Waals surface area contributed by atoms with E-state index in [-0.39, 0.29) is 11.3 Å². The molecule has 0 saturated carbocycles. The Morgan fingerprint density at radius 2 is 1.78 bits per heavy atom. The van der Waals surface area contributed by atoms with Gasteiger partial charge in [-0.15, -0.1) is 11.3 Å². The van der Waals surface area contributed by atoms with Gasteiger partial charge in [0, 0.05) is 43.3 Å². The third-order valence-electron chi connectivity index (χ3n) is 3.96. The van der Waals surface area contributed by atoms with Crippen LogP contribution in [-0.4, -0.2) is 24.4 Å². The first-order valence-corrected chi connectivity index (χ1v) is 8.12. The van der Waals surface area contributed by atoms with E-state index < -0.39 is 0 Å². The average Bonchev–Trinajstić information content (AvgIpc) is 2.96. The summed E-state index contributed by atoms with van der Waals surface area (Å²) in [6.45, 7) is 1.50. The minimum Gasteiger partial charge on any atom is -0.378 e. The van der Waals surface area contributed by atoms with Crippen molar-refractivity contribution >= 4 is 33.0 Å². The van der Waals surface area contributed by atoms with Crippen LogP contribution in [-0.2, 0) is 7.05 Å². The number of thiophene rings is 1. The maximum atomic E-state index is 12.0. The van der Waals surface area contributed by atoms with Crippen molar-refractivity contribution in [2.45, 2.75) is 6.92 Å². The Hall–Kier alpha value is -2.40. The Morgan fingerprint density at radius 3 is 2.35 bits per heavy atom. The van der Waals surface area contributed by atoms with Crippen molar-refractivity contribution in [3.05, 3.63) is 52.3 Å². The van der Waals surface area contributed by atoms with E-state index in [1.54, 1.807) is 23.0 Å². The number of carbonyl (C=O) groups is 1. The lowest BCUT2D eigenvalue weighted by atomic mass is 10.1. The van der Waals surface area contributed by atoms with Crippen LogP contribution in [0.1, 0.15) is 17.3 Å². The van der Waals surface area contributed by atoms with E-state index in [0.29, 0.717) is 5.56 Å². The molecule has 2 heterocycles. The van der Waals surface area contributed by atoms with Gasteiger partial charge < -0.3 is 9.47 Å². The second kappa shape index (κ2) is 5.66. The van der Waals surface area contributed by atoms with Crippen LogP contribution in [0.2, 0.25) is 0 Å². The Morgan fingerprint density at radius 1 is 1.13 bits per heavy atom. The normalized spacial score (nSPS) is 11.0. The molecular formula is C18H18N2O2S. The van der Waals surface area contributed by atoms with Crippen molar-refractivity contribution in [3.63, 3.8) is 0 Å². The SMILES string of the molecule is CC(=O)c1cc(=O)n(C)c2cc(-c3ccc(N(C)C)cc3)sc12. The predicted molar refractivity (Wildman–Crippen MR) is 96.8 cm³/mol. The van der Waals surface area contributed by atoms with Gasteiger partial charge in [0.15, 0.2) is 5.78 Å². The highest BCUT2D eigenvalue weighted by molar-refractivity contribution is 7.22. The maximum absolute atomic E-state index is 12.0. The number of aryl methyl sites for hydroxylation is 1. The van der Waals surface area contributed by atoms with Crippen LogP contribution in [0.3, 0.4) is 0 Å². The molecule has 0 saturated heterocycles. The second-order valence-corrected chi connectivity index (χ2v) is 6.83. The summed E-state index contributed by atoms with van der Waals surface area (Å²) < 4.78 is 2.46. The molecule has 2 aromatic heterocycles. The van der Waals surface area contributed by atoms with Crippen LogP contribution in [0.4, 0.5) is 5.69 Å². The third-order valence-corrected chi connectivity index (χ3v) is 5.17. The number of hydrogen-bond acceptors (Lipinski definition) is 4. The van der Waals surface area contributed by atoms with Gasteiger partial charge >= 0.3 is 0 Å². The first kappa shape index (κ1) is 15.5. The lowest BCUT2D eigenvalue weighted by Crippen LogP contribution is -2.17. The smallest absolute Gasteiger partial charge is 0.251 e. The molecule has 0 radical (unpaired) electrons.